The Bertz CT molecular complexity index is 494. The summed E-state index contributed by atoms with van der Waals surface area (Å²) >= 11 is 0. The normalized spacial score (nSPS) is 14.2. The average molecular weight is 329 g/mol. The van der Waals surface area contributed by atoms with Gasteiger partial charge in [-0.2, -0.15) is 0 Å². The minimum absolute atomic E-state index is 0. The molecule has 1 aliphatic rings. The second kappa shape index (κ2) is 8.86. The molecular formula is C16H25ClN2O3. The van der Waals surface area contributed by atoms with Crippen molar-refractivity contribution < 1.29 is 14.3 Å². The molecular weight excluding hydrogens is 304 g/mol. The van der Waals surface area contributed by atoms with E-state index in [0.29, 0.717) is 32.6 Å². The molecule has 0 aliphatic carbocycles. The lowest BCUT2D eigenvalue weighted by Crippen LogP contribution is -2.32. The van der Waals surface area contributed by atoms with E-state index in [-0.39, 0.29) is 30.3 Å². The van der Waals surface area contributed by atoms with Crippen molar-refractivity contribution in [1.82, 2.24) is 5.32 Å². The van der Waals surface area contributed by atoms with Crippen LogP contribution in [0.2, 0.25) is 0 Å². The largest absolute Gasteiger partial charge is 0.486 e. The summed E-state index contributed by atoms with van der Waals surface area (Å²) in [6.07, 6.45) is 1.17. The lowest BCUT2D eigenvalue weighted by molar-refractivity contribution is -0.122. The fourth-order valence-corrected chi connectivity index (χ4v) is 2.40. The molecule has 0 saturated heterocycles. The number of hydrogen-bond acceptors (Lipinski definition) is 4. The number of nitrogens with one attached hydrogen (secondary N) is 1. The van der Waals surface area contributed by atoms with E-state index in [1.165, 1.54) is 0 Å². The van der Waals surface area contributed by atoms with Gasteiger partial charge in [-0.05, 0) is 36.6 Å². The van der Waals surface area contributed by atoms with Crippen LogP contribution in [-0.4, -0.2) is 25.7 Å². The summed E-state index contributed by atoms with van der Waals surface area (Å²) in [6, 6.07) is 5.82. The summed E-state index contributed by atoms with van der Waals surface area (Å²) in [5.74, 6) is 1.84. The number of halogens is 1. The Labute approximate surface area is 138 Å². The van der Waals surface area contributed by atoms with Crippen LogP contribution in [0.25, 0.3) is 0 Å². The number of nitrogens with two attached hydrogens (primary N) is 1. The van der Waals surface area contributed by atoms with Crippen molar-refractivity contribution in [3.8, 4) is 11.5 Å². The summed E-state index contributed by atoms with van der Waals surface area (Å²) in [7, 11) is 0. The van der Waals surface area contributed by atoms with Crippen molar-refractivity contribution in [2.45, 2.75) is 32.7 Å². The van der Waals surface area contributed by atoms with E-state index in [9.17, 15) is 4.79 Å². The zero-order chi connectivity index (χ0) is 15.2. The molecule has 1 amide bonds. The van der Waals surface area contributed by atoms with E-state index < -0.39 is 0 Å². The first-order valence-corrected chi connectivity index (χ1v) is 7.50. The van der Waals surface area contributed by atoms with Crippen LogP contribution in [0, 0.1) is 5.92 Å². The second-order valence-corrected chi connectivity index (χ2v) is 5.58. The lowest BCUT2D eigenvalue weighted by Gasteiger charge is -2.25. The topological polar surface area (TPSA) is 73.6 Å². The van der Waals surface area contributed by atoms with Crippen molar-refractivity contribution in [3.05, 3.63) is 23.8 Å². The lowest BCUT2D eigenvalue weighted by atomic mass is 9.95. The zero-order valence-electron chi connectivity index (χ0n) is 13.1. The van der Waals surface area contributed by atoms with Gasteiger partial charge < -0.3 is 20.5 Å². The summed E-state index contributed by atoms with van der Waals surface area (Å²) in [5, 5.41) is 3.08. The maximum absolute atomic E-state index is 12.0. The van der Waals surface area contributed by atoms with E-state index in [1.54, 1.807) is 0 Å². The molecule has 3 N–H and O–H groups in total. The number of carbonyl (C=O) groups is 1. The van der Waals surface area contributed by atoms with Crippen molar-refractivity contribution >= 4 is 18.3 Å². The molecule has 124 valence electrons. The third-order valence-corrected chi connectivity index (χ3v) is 3.52. The predicted molar refractivity (Wildman–Crippen MR) is 88.7 cm³/mol. The van der Waals surface area contributed by atoms with Crippen molar-refractivity contribution in [2.75, 3.05) is 19.8 Å². The number of fused-ring (bicyclic) bond motifs is 1. The molecule has 0 radical (unpaired) electrons. The Morgan fingerprint density at radius 1 is 1.27 bits per heavy atom. The number of rotatable bonds is 6. The molecule has 1 atom stereocenters. The number of benzene rings is 1. The molecule has 0 aromatic heterocycles. The second-order valence-electron chi connectivity index (χ2n) is 5.58. The van der Waals surface area contributed by atoms with Gasteiger partial charge in [0.2, 0.25) is 5.91 Å². The first kappa shape index (κ1) is 18.6. The van der Waals surface area contributed by atoms with E-state index in [4.69, 9.17) is 15.2 Å². The van der Waals surface area contributed by atoms with E-state index in [1.807, 2.05) is 18.2 Å². The number of carbonyl (C=O) groups excluding carboxylic acids is 1. The van der Waals surface area contributed by atoms with Gasteiger partial charge >= 0.3 is 0 Å². The molecule has 2 rings (SSSR count). The maximum Gasteiger partial charge on any atom is 0.220 e. The summed E-state index contributed by atoms with van der Waals surface area (Å²) < 4.78 is 11.1. The standard InChI is InChI=1S/C16H24N2O3.ClH/c1-11(2)16(18-15(19)4-3-7-17)12-5-6-13-14(10-12)21-9-8-20-13;/h5-6,10-11,16H,3-4,7-9,17H2,1-2H3,(H,18,19);1H. The molecule has 1 heterocycles. The molecule has 6 heteroatoms. The van der Waals surface area contributed by atoms with Crippen LogP contribution in [0.5, 0.6) is 11.5 Å². The van der Waals surface area contributed by atoms with Gasteiger partial charge in [0.25, 0.3) is 0 Å². The van der Waals surface area contributed by atoms with Gasteiger partial charge in [-0.1, -0.05) is 19.9 Å². The maximum atomic E-state index is 12.0. The van der Waals surface area contributed by atoms with Crippen LogP contribution >= 0.6 is 12.4 Å². The Balaban J connectivity index is 0.00000242. The van der Waals surface area contributed by atoms with Crippen LogP contribution in [0.4, 0.5) is 0 Å². The molecule has 1 aliphatic heterocycles. The fourth-order valence-electron chi connectivity index (χ4n) is 2.40. The van der Waals surface area contributed by atoms with E-state index in [2.05, 4.69) is 19.2 Å². The molecule has 1 aromatic rings. The number of ether oxygens (including phenoxy) is 2. The van der Waals surface area contributed by atoms with Gasteiger partial charge in [-0.25, -0.2) is 0 Å². The number of amides is 1. The first-order chi connectivity index (χ1) is 10.1. The Morgan fingerprint density at radius 3 is 2.59 bits per heavy atom. The minimum atomic E-state index is -0.0360. The summed E-state index contributed by atoms with van der Waals surface area (Å²) in [4.78, 5) is 12.0. The predicted octanol–water partition coefficient (Wildman–Crippen LogP) is 2.43. The Kier molecular flexibility index (Phi) is 7.48. The molecule has 0 spiro atoms. The van der Waals surface area contributed by atoms with Gasteiger partial charge in [0.1, 0.15) is 13.2 Å². The van der Waals surface area contributed by atoms with E-state index >= 15 is 0 Å². The van der Waals surface area contributed by atoms with Gasteiger partial charge in [-0.15, -0.1) is 12.4 Å². The minimum Gasteiger partial charge on any atom is -0.486 e. The van der Waals surface area contributed by atoms with Gasteiger partial charge in [0.15, 0.2) is 11.5 Å². The van der Waals surface area contributed by atoms with Gasteiger partial charge in [0, 0.05) is 6.42 Å². The first-order valence-electron chi connectivity index (χ1n) is 7.50. The molecule has 0 fully saturated rings. The van der Waals surface area contributed by atoms with Crippen LogP contribution < -0.4 is 20.5 Å². The third-order valence-electron chi connectivity index (χ3n) is 3.52. The van der Waals surface area contributed by atoms with Gasteiger partial charge in [-0.3, -0.25) is 4.79 Å². The van der Waals surface area contributed by atoms with Crippen LogP contribution in [0.15, 0.2) is 18.2 Å². The zero-order valence-corrected chi connectivity index (χ0v) is 13.9. The highest BCUT2D eigenvalue weighted by atomic mass is 35.5. The van der Waals surface area contributed by atoms with E-state index in [0.717, 1.165) is 17.1 Å². The average Bonchev–Trinajstić information content (AvgIpc) is 2.49. The fraction of sp³-hybridized carbons (Fsp3) is 0.562. The monoisotopic (exact) mass is 328 g/mol. The van der Waals surface area contributed by atoms with Gasteiger partial charge in [0.05, 0.1) is 6.04 Å². The Morgan fingerprint density at radius 2 is 1.95 bits per heavy atom. The molecule has 0 saturated carbocycles. The highest BCUT2D eigenvalue weighted by molar-refractivity contribution is 5.85. The van der Waals surface area contributed by atoms with Crippen LogP contribution in [-0.2, 0) is 4.79 Å². The molecule has 5 nitrogen and oxygen atoms in total. The highest BCUT2D eigenvalue weighted by Gasteiger charge is 2.21. The summed E-state index contributed by atoms with van der Waals surface area (Å²) in [5.41, 5.74) is 6.48. The molecule has 0 bridgehead atoms. The smallest absolute Gasteiger partial charge is 0.220 e. The highest BCUT2D eigenvalue weighted by Crippen LogP contribution is 2.34. The van der Waals surface area contributed by atoms with Crippen molar-refractivity contribution in [1.29, 1.82) is 0 Å². The molecule has 1 aromatic carbocycles. The summed E-state index contributed by atoms with van der Waals surface area (Å²) in [6.45, 7) is 5.85. The van der Waals surface area contributed by atoms with Crippen LogP contribution in [0.1, 0.15) is 38.3 Å². The molecule has 22 heavy (non-hydrogen) atoms. The van der Waals surface area contributed by atoms with Crippen molar-refractivity contribution in [2.24, 2.45) is 11.7 Å². The SMILES string of the molecule is CC(C)C(NC(=O)CCCN)c1ccc2c(c1)OCCO2.Cl. The van der Waals surface area contributed by atoms with Crippen LogP contribution in [0.3, 0.4) is 0 Å². The molecule has 1 unspecified atom stereocenters. The number of hydrogen-bond donors (Lipinski definition) is 2. The Hall–Kier alpha value is -1.46. The quantitative estimate of drug-likeness (QED) is 0.841. The van der Waals surface area contributed by atoms with Crippen molar-refractivity contribution in [3.63, 3.8) is 0 Å². The third kappa shape index (κ3) is 4.78.